The predicted molar refractivity (Wildman–Crippen MR) is 104 cm³/mol. The molecule has 2 aromatic carbocycles. The number of aryl methyl sites for hydroxylation is 1. The number of fused-ring (bicyclic) bond motifs is 1. The van der Waals surface area contributed by atoms with E-state index in [9.17, 15) is 4.79 Å². The summed E-state index contributed by atoms with van der Waals surface area (Å²) in [4.78, 5) is 16.8. The van der Waals surface area contributed by atoms with Crippen molar-refractivity contribution in [2.45, 2.75) is 6.92 Å². The molecule has 0 aliphatic carbocycles. The van der Waals surface area contributed by atoms with Gasteiger partial charge in [-0.25, -0.2) is 4.98 Å². The largest absolute Gasteiger partial charge is 0.298 e. The molecule has 1 amide bonds. The zero-order valence-corrected chi connectivity index (χ0v) is 16.1. The topological polar surface area (TPSA) is 42.0 Å². The lowest BCUT2D eigenvalue weighted by Gasteiger charge is -2.04. The van der Waals surface area contributed by atoms with Crippen LogP contribution in [0.4, 0.5) is 5.13 Å². The molecule has 0 spiro atoms. The molecule has 3 rings (SSSR count). The van der Waals surface area contributed by atoms with Gasteiger partial charge >= 0.3 is 0 Å². The van der Waals surface area contributed by atoms with Crippen molar-refractivity contribution in [3.05, 3.63) is 54.7 Å². The van der Waals surface area contributed by atoms with Gasteiger partial charge in [-0.3, -0.25) is 10.1 Å². The van der Waals surface area contributed by atoms with Crippen molar-refractivity contribution in [3.63, 3.8) is 0 Å². The van der Waals surface area contributed by atoms with E-state index in [4.69, 9.17) is 0 Å². The second-order valence-electron chi connectivity index (χ2n) is 4.57. The Bertz CT molecular complexity index is 845. The normalized spacial score (nSPS) is 10.8. The Labute approximate surface area is 153 Å². The Kier molecular flexibility index (Phi) is 4.46. The molecule has 0 unspecified atom stereocenters. The van der Waals surface area contributed by atoms with Gasteiger partial charge in [0, 0.05) is 7.14 Å². The number of rotatable bonds is 2. The summed E-state index contributed by atoms with van der Waals surface area (Å²) >= 11 is 5.87. The fraction of sp³-hybridized carbons (Fsp3) is 0.0667. The highest BCUT2D eigenvalue weighted by Gasteiger charge is 2.13. The minimum atomic E-state index is -0.117. The van der Waals surface area contributed by atoms with E-state index in [-0.39, 0.29) is 5.91 Å². The molecule has 0 aliphatic heterocycles. The number of nitrogens with one attached hydrogen (secondary N) is 1. The van der Waals surface area contributed by atoms with Gasteiger partial charge < -0.3 is 0 Å². The fourth-order valence-electron chi connectivity index (χ4n) is 1.92. The highest BCUT2D eigenvalue weighted by Crippen LogP contribution is 2.27. The van der Waals surface area contributed by atoms with Gasteiger partial charge in [0.2, 0.25) is 0 Å². The van der Waals surface area contributed by atoms with Crippen molar-refractivity contribution in [3.8, 4) is 0 Å². The van der Waals surface area contributed by atoms with Gasteiger partial charge in [-0.1, -0.05) is 17.4 Å². The van der Waals surface area contributed by atoms with Crippen LogP contribution < -0.4 is 5.32 Å². The number of halogens is 2. The summed E-state index contributed by atoms with van der Waals surface area (Å²) in [5.41, 5.74) is 2.78. The lowest BCUT2D eigenvalue weighted by molar-refractivity contribution is 0.102. The Balaban J connectivity index is 1.90. The quantitative estimate of drug-likeness (QED) is 0.480. The Hall–Kier alpha value is -0.740. The van der Waals surface area contributed by atoms with Crippen molar-refractivity contribution in [1.29, 1.82) is 0 Å². The van der Waals surface area contributed by atoms with Gasteiger partial charge in [-0.2, -0.15) is 0 Å². The minimum Gasteiger partial charge on any atom is -0.298 e. The molecule has 1 N–H and O–H groups in total. The SMILES string of the molecule is Cc1ccc2nc(NC(=O)c3cc(I)ccc3I)sc2c1. The number of anilines is 1. The maximum atomic E-state index is 12.4. The first-order valence-corrected chi connectivity index (χ1v) is 9.14. The summed E-state index contributed by atoms with van der Waals surface area (Å²) in [6.07, 6.45) is 0. The third kappa shape index (κ3) is 3.37. The summed E-state index contributed by atoms with van der Waals surface area (Å²) in [5.74, 6) is -0.117. The van der Waals surface area contributed by atoms with Gasteiger partial charge in [0.1, 0.15) is 0 Å². The molecule has 0 radical (unpaired) electrons. The first kappa shape index (κ1) is 15.2. The van der Waals surface area contributed by atoms with Crippen molar-refractivity contribution >= 4 is 77.8 Å². The molecule has 1 aromatic heterocycles. The van der Waals surface area contributed by atoms with E-state index in [1.165, 1.54) is 16.9 Å². The first-order chi connectivity index (χ1) is 10.0. The standard InChI is InChI=1S/C15H10I2N2OS/c1-8-2-5-12-13(6-8)21-15(18-12)19-14(20)10-7-9(16)3-4-11(10)17/h2-7H,1H3,(H,18,19,20). The van der Waals surface area contributed by atoms with Crippen LogP contribution >= 0.6 is 56.5 Å². The maximum Gasteiger partial charge on any atom is 0.258 e. The molecule has 0 fully saturated rings. The smallest absolute Gasteiger partial charge is 0.258 e. The molecule has 3 aromatic rings. The van der Waals surface area contributed by atoms with Crippen LogP contribution in [0.15, 0.2) is 36.4 Å². The third-order valence-electron chi connectivity index (χ3n) is 2.94. The number of hydrogen-bond acceptors (Lipinski definition) is 3. The number of aromatic nitrogens is 1. The summed E-state index contributed by atoms with van der Waals surface area (Å²) in [6.45, 7) is 2.05. The summed E-state index contributed by atoms with van der Waals surface area (Å²) in [5, 5.41) is 3.53. The van der Waals surface area contributed by atoms with Crippen molar-refractivity contribution in [1.82, 2.24) is 4.98 Å². The fourth-order valence-corrected chi connectivity index (χ4v) is 3.95. The highest BCUT2D eigenvalue weighted by molar-refractivity contribution is 14.1. The third-order valence-corrected chi connectivity index (χ3v) is 5.48. The Morgan fingerprint density at radius 2 is 2.00 bits per heavy atom. The van der Waals surface area contributed by atoms with Gasteiger partial charge in [-0.15, -0.1) is 0 Å². The second kappa shape index (κ2) is 6.17. The molecule has 21 heavy (non-hydrogen) atoms. The van der Waals surface area contributed by atoms with Crippen molar-refractivity contribution in [2.24, 2.45) is 0 Å². The summed E-state index contributed by atoms with van der Waals surface area (Å²) in [6, 6.07) is 11.9. The number of thiazole rings is 1. The zero-order valence-electron chi connectivity index (χ0n) is 11.0. The van der Waals surface area contributed by atoms with Crippen LogP contribution in [0.1, 0.15) is 15.9 Å². The Morgan fingerprint density at radius 1 is 1.19 bits per heavy atom. The molecular formula is C15H10I2N2OS. The van der Waals surface area contributed by atoms with Crippen LogP contribution in [0.2, 0.25) is 0 Å². The van der Waals surface area contributed by atoms with E-state index >= 15 is 0 Å². The first-order valence-electron chi connectivity index (χ1n) is 6.16. The molecule has 0 bridgehead atoms. The summed E-state index contributed by atoms with van der Waals surface area (Å²) < 4.78 is 3.06. The predicted octanol–water partition coefficient (Wildman–Crippen LogP) is 5.07. The van der Waals surface area contributed by atoms with Crippen molar-refractivity contribution < 1.29 is 4.79 Å². The minimum absolute atomic E-state index is 0.117. The average Bonchev–Trinajstić information content (AvgIpc) is 2.82. The molecule has 6 heteroatoms. The monoisotopic (exact) mass is 520 g/mol. The number of hydrogen-bond donors (Lipinski definition) is 1. The highest BCUT2D eigenvalue weighted by atomic mass is 127. The van der Waals surface area contributed by atoms with Crippen LogP contribution in [0.3, 0.4) is 0 Å². The molecule has 1 heterocycles. The van der Waals surface area contributed by atoms with E-state index in [1.54, 1.807) is 0 Å². The van der Waals surface area contributed by atoms with Gasteiger partial charge in [0.25, 0.3) is 5.91 Å². The van der Waals surface area contributed by atoms with E-state index in [1.807, 2.05) is 37.3 Å². The second-order valence-corrected chi connectivity index (χ2v) is 8.01. The molecule has 0 aliphatic rings. The van der Waals surface area contributed by atoms with Gasteiger partial charge in [-0.05, 0) is 88.0 Å². The lowest BCUT2D eigenvalue weighted by atomic mass is 10.2. The van der Waals surface area contributed by atoms with Gasteiger partial charge in [0.15, 0.2) is 5.13 Å². The molecule has 3 nitrogen and oxygen atoms in total. The number of carbonyl (C=O) groups excluding carboxylic acids is 1. The molecule has 106 valence electrons. The van der Waals surface area contributed by atoms with Crippen molar-refractivity contribution in [2.75, 3.05) is 5.32 Å². The van der Waals surface area contributed by atoms with Crippen LogP contribution in [-0.4, -0.2) is 10.9 Å². The Morgan fingerprint density at radius 3 is 2.81 bits per heavy atom. The van der Waals surface area contributed by atoms with Crippen LogP contribution in [0, 0.1) is 14.1 Å². The van der Waals surface area contributed by atoms with E-state index in [2.05, 4.69) is 61.5 Å². The molecule has 0 saturated carbocycles. The van der Waals surface area contributed by atoms with Crippen LogP contribution in [-0.2, 0) is 0 Å². The maximum absolute atomic E-state index is 12.4. The van der Waals surface area contributed by atoms with E-state index in [0.29, 0.717) is 10.7 Å². The number of carbonyl (C=O) groups is 1. The number of benzene rings is 2. The molecular weight excluding hydrogens is 510 g/mol. The van der Waals surface area contributed by atoms with Gasteiger partial charge in [0.05, 0.1) is 15.8 Å². The lowest BCUT2D eigenvalue weighted by Crippen LogP contribution is -2.13. The average molecular weight is 520 g/mol. The molecule has 0 atom stereocenters. The molecule has 0 saturated heterocycles. The number of nitrogens with zero attached hydrogens (tertiary/aromatic N) is 1. The number of amides is 1. The summed E-state index contributed by atoms with van der Waals surface area (Å²) in [7, 11) is 0. The van der Waals surface area contributed by atoms with E-state index in [0.717, 1.165) is 17.4 Å². The zero-order chi connectivity index (χ0) is 15.0. The van der Waals surface area contributed by atoms with Crippen LogP contribution in [0.25, 0.3) is 10.2 Å². The van der Waals surface area contributed by atoms with Crippen LogP contribution in [0.5, 0.6) is 0 Å². The van der Waals surface area contributed by atoms with E-state index < -0.39 is 0 Å².